The normalized spacial score (nSPS) is 38.2. The van der Waals surface area contributed by atoms with Crippen LogP contribution in [0.1, 0.15) is 45.4 Å². The first-order valence-corrected chi connectivity index (χ1v) is 7.39. The highest BCUT2D eigenvalue weighted by Gasteiger charge is 2.49. The number of cyclic esters (lactones) is 1. The van der Waals surface area contributed by atoms with Gasteiger partial charge in [-0.25, -0.2) is 4.79 Å². The summed E-state index contributed by atoms with van der Waals surface area (Å²) in [5, 5.41) is 3.43. The van der Waals surface area contributed by atoms with Gasteiger partial charge in [0.15, 0.2) is 0 Å². The maximum absolute atomic E-state index is 12.1. The summed E-state index contributed by atoms with van der Waals surface area (Å²) in [5.41, 5.74) is -0.271. The molecule has 1 aliphatic carbocycles. The summed E-state index contributed by atoms with van der Waals surface area (Å²) in [6.07, 6.45) is 7.14. The minimum Gasteiger partial charge on any atom is -0.441 e. The Bertz CT molecular complexity index is 322. The molecular weight excluding hydrogens is 228 g/mol. The molecule has 2 aliphatic heterocycles. The van der Waals surface area contributed by atoms with Crippen LogP contribution in [0.25, 0.3) is 0 Å². The first-order valence-electron chi connectivity index (χ1n) is 7.39. The number of nitrogens with one attached hydrogen (secondary N) is 1. The minimum atomic E-state index is -0.271. The van der Waals surface area contributed by atoms with E-state index in [1.165, 1.54) is 25.7 Å². The van der Waals surface area contributed by atoms with Crippen LogP contribution in [0.5, 0.6) is 0 Å². The van der Waals surface area contributed by atoms with Crippen molar-refractivity contribution in [1.82, 2.24) is 10.2 Å². The van der Waals surface area contributed by atoms with E-state index < -0.39 is 0 Å². The van der Waals surface area contributed by atoms with E-state index in [-0.39, 0.29) is 11.7 Å². The van der Waals surface area contributed by atoms with Gasteiger partial charge in [-0.15, -0.1) is 0 Å². The maximum Gasteiger partial charge on any atom is 0.410 e. The van der Waals surface area contributed by atoms with Crippen LogP contribution in [0.15, 0.2) is 0 Å². The highest BCUT2D eigenvalue weighted by molar-refractivity contribution is 5.71. The topological polar surface area (TPSA) is 41.6 Å². The molecule has 1 saturated carbocycles. The summed E-state index contributed by atoms with van der Waals surface area (Å²) in [7, 11) is 0. The number of carbonyl (C=O) groups is 1. The predicted octanol–water partition coefficient (Wildman–Crippen LogP) is 2.14. The molecule has 4 heteroatoms. The van der Waals surface area contributed by atoms with Crippen molar-refractivity contribution in [3.8, 4) is 0 Å². The molecule has 1 N–H and O–H groups in total. The summed E-state index contributed by atoms with van der Waals surface area (Å²) in [4.78, 5) is 14.1. The third-order valence-corrected chi connectivity index (χ3v) is 4.97. The fourth-order valence-corrected chi connectivity index (χ4v) is 3.77. The molecule has 3 fully saturated rings. The molecular formula is C14H24N2O2. The molecule has 18 heavy (non-hydrogen) atoms. The van der Waals surface area contributed by atoms with E-state index in [9.17, 15) is 4.79 Å². The van der Waals surface area contributed by atoms with Gasteiger partial charge in [0.05, 0.1) is 6.54 Å². The second-order valence-electron chi connectivity index (χ2n) is 6.29. The third kappa shape index (κ3) is 2.11. The van der Waals surface area contributed by atoms with E-state index in [0.717, 1.165) is 32.5 Å². The number of rotatable bonds is 2. The lowest BCUT2D eigenvalue weighted by Gasteiger charge is -2.35. The number of hydrogen-bond donors (Lipinski definition) is 1. The molecule has 3 rings (SSSR count). The van der Waals surface area contributed by atoms with Gasteiger partial charge in [-0.1, -0.05) is 12.8 Å². The summed E-state index contributed by atoms with van der Waals surface area (Å²) < 4.78 is 5.76. The molecule has 2 atom stereocenters. The molecule has 0 aromatic carbocycles. The molecule has 0 bridgehead atoms. The molecule has 2 unspecified atom stereocenters. The summed E-state index contributed by atoms with van der Waals surface area (Å²) in [6, 6.07) is 0.441. The standard InChI is InChI=1S/C14H24N2O2/c1-14(11-5-4-8-15-9-11)10-16(13(17)18-14)12-6-2-3-7-12/h11-12,15H,2-10H2,1H3. The van der Waals surface area contributed by atoms with Gasteiger partial charge in [-0.05, 0) is 39.2 Å². The van der Waals surface area contributed by atoms with Crippen LogP contribution in [0, 0.1) is 5.92 Å². The lowest BCUT2D eigenvalue weighted by molar-refractivity contribution is 0.0121. The fraction of sp³-hybridized carbons (Fsp3) is 0.929. The van der Waals surface area contributed by atoms with E-state index in [0.29, 0.717) is 12.0 Å². The van der Waals surface area contributed by atoms with Crippen LogP contribution >= 0.6 is 0 Å². The van der Waals surface area contributed by atoms with Crippen LogP contribution < -0.4 is 5.32 Å². The Kier molecular flexibility index (Phi) is 3.22. The van der Waals surface area contributed by atoms with Gasteiger partial charge in [0.2, 0.25) is 0 Å². The Morgan fingerprint density at radius 1 is 1.28 bits per heavy atom. The van der Waals surface area contributed by atoms with Crippen LogP contribution in [-0.2, 0) is 4.74 Å². The maximum atomic E-state index is 12.1. The van der Waals surface area contributed by atoms with E-state index in [2.05, 4.69) is 12.2 Å². The van der Waals surface area contributed by atoms with E-state index in [1.54, 1.807) is 0 Å². The molecule has 0 radical (unpaired) electrons. The highest BCUT2D eigenvalue weighted by Crippen LogP contribution is 2.37. The van der Waals surface area contributed by atoms with Gasteiger partial charge >= 0.3 is 6.09 Å². The number of carbonyl (C=O) groups excluding carboxylic acids is 1. The summed E-state index contributed by atoms with van der Waals surface area (Å²) >= 11 is 0. The lowest BCUT2D eigenvalue weighted by Crippen LogP contribution is -2.47. The largest absolute Gasteiger partial charge is 0.441 e. The van der Waals surface area contributed by atoms with Crippen molar-refractivity contribution in [3.63, 3.8) is 0 Å². The lowest BCUT2D eigenvalue weighted by atomic mass is 9.83. The van der Waals surface area contributed by atoms with Crippen molar-refractivity contribution in [2.24, 2.45) is 5.92 Å². The second kappa shape index (κ2) is 4.72. The van der Waals surface area contributed by atoms with Gasteiger partial charge in [0, 0.05) is 18.5 Å². The average molecular weight is 252 g/mol. The first-order chi connectivity index (χ1) is 8.69. The van der Waals surface area contributed by atoms with Crippen molar-refractivity contribution < 1.29 is 9.53 Å². The van der Waals surface area contributed by atoms with E-state index in [1.807, 2.05) is 4.90 Å². The average Bonchev–Trinajstić information content (AvgIpc) is 2.99. The molecule has 102 valence electrons. The van der Waals surface area contributed by atoms with Crippen LogP contribution in [0.3, 0.4) is 0 Å². The van der Waals surface area contributed by atoms with Crippen LogP contribution in [0.2, 0.25) is 0 Å². The van der Waals surface area contributed by atoms with E-state index >= 15 is 0 Å². The van der Waals surface area contributed by atoms with Gasteiger partial charge in [0.25, 0.3) is 0 Å². The molecule has 1 amide bonds. The van der Waals surface area contributed by atoms with Crippen molar-refractivity contribution in [1.29, 1.82) is 0 Å². The number of amides is 1. The first kappa shape index (κ1) is 12.3. The molecule has 2 saturated heterocycles. The number of piperidine rings is 1. The summed E-state index contributed by atoms with van der Waals surface area (Å²) in [5.74, 6) is 0.474. The highest BCUT2D eigenvalue weighted by atomic mass is 16.6. The quantitative estimate of drug-likeness (QED) is 0.818. The zero-order valence-corrected chi connectivity index (χ0v) is 11.3. The van der Waals surface area contributed by atoms with Crippen LogP contribution in [-0.4, -0.2) is 42.3 Å². The SMILES string of the molecule is CC1(C2CCCNC2)CN(C2CCCC2)C(=O)O1. The van der Waals surface area contributed by atoms with E-state index in [4.69, 9.17) is 4.74 Å². The molecule has 4 nitrogen and oxygen atoms in total. The van der Waals surface area contributed by atoms with Gasteiger partial charge < -0.3 is 15.0 Å². The van der Waals surface area contributed by atoms with Crippen LogP contribution in [0.4, 0.5) is 4.79 Å². The summed E-state index contributed by atoms with van der Waals surface area (Å²) in [6.45, 7) is 5.01. The third-order valence-electron chi connectivity index (χ3n) is 4.97. The Morgan fingerprint density at radius 3 is 2.72 bits per heavy atom. The van der Waals surface area contributed by atoms with Crippen molar-refractivity contribution in [3.05, 3.63) is 0 Å². The predicted molar refractivity (Wildman–Crippen MR) is 69.4 cm³/mol. The molecule has 2 heterocycles. The van der Waals surface area contributed by atoms with Crippen molar-refractivity contribution in [2.75, 3.05) is 19.6 Å². The van der Waals surface area contributed by atoms with Gasteiger partial charge in [0.1, 0.15) is 5.60 Å². The molecule has 3 aliphatic rings. The van der Waals surface area contributed by atoms with Gasteiger partial charge in [-0.2, -0.15) is 0 Å². The minimum absolute atomic E-state index is 0.0741. The zero-order chi connectivity index (χ0) is 12.6. The Balaban J connectivity index is 1.69. The fourth-order valence-electron chi connectivity index (χ4n) is 3.77. The monoisotopic (exact) mass is 252 g/mol. The van der Waals surface area contributed by atoms with Gasteiger partial charge in [-0.3, -0.25) is 0 Å². The molecule has 0 spiro atoms. The van der Waals surface area contributed by atoms with Crippen molar-refractivity contribution in [2.45, 2.75) is 57.1 Å². The smallest absolute Gasteiger partial charge is 0.410 e. The number of nitrogens with zero attached hydrogens (tertiary/aromatic N) is 1. The Hall–Kier alpha value is -0.770. The van der Waals surface area contributed by atoms with Crippen molar-refractivity contribution >= 4 is 6.09 Å². The molecule has 0 aromatic heterocycles. The number of hydrogen-bond acceptors (Lipinski definition) is 3. The second-order valence-corrected chi connectivity index (χ2v) is 6.29. The molecule has 0 aromatic rings. The zero-order valence-electron chi connectivity index (χ0n) is 11.3. The Morgan fingerprint density at radius 2 is 2.06 bits per heavy atom. The number of ether oxygens (including phenoxy) is 1. The Labute approximate surface area is 109 Å².